The second-order valence-corrected chi connectivity index (χ2v) is 49.4. The predicted octanol–water partition coefficient (Wildman–Crippen LogP) is 37.1. The van der Waals surface area contributed by atoms with E-state index in [-0.39, 0.29) is 43.8 Å². The molecule has 10 aromatic heterocycles. The van der Waals surface area contributed by atoms with E-state index in [1.165, 1.54) is 197 Å². The van der Waals surface area contributed by atoms with Crippen LogP contribution in [0.5, 0.6) is 0 Å². The molecular formula is C116H143N5O2S8. The van der Waals surface area contributed by atoms with E-state index >= 15 is 0 Å². The second kappa shape index (κ2) is 36.2. The van der Waals surface area contributed by atoms with Gasteiger partial charge in [0.25, 0.3) is 0 Å². The van der Waals surface area contributed by atoms with Gasteiger partial charge in [0.2, 0.25) is 0 Å². The van der Waals surface area contributed by atoms with Crippen LogP contribution in [0, 0.1) is 69.1 Å². The van der Waals surface area contributed by atoms with Gasteiger partial charge in [-0.2, -0.15) is 0 Å². The van der Waals surface area contributed by atoms with Gasteiger partial charge < -0.3 is 33.3 Å². The monoisotopic (exact) mass is 1890 g/mol. The number of anilines is 5. The van der Waals surface area contributed by atoms with Crippen molar-refractivity contribution < 1.29 is 8.83 Å². The highest BCUT2D eigenvalue weighted by atomic mass is 32.2. The van der Waals surface area contributed by atoms with Crippen molar-refractivity contribution in [3.63, 3.8) is 0 Å². The van der Waals surface area contributed by atoms with Crippen LogP contribution in [-0.4, -0.2) is 0 Å². The summed E-state index contributed by atoms with van der Waals surface area (Å²) in [7, 11) is 0. The molecule has 15 aromatic rings. The third kappa shape index (κ3) is 14.1. The van der Waals surface area contributed by atoms with Gasteiger partial charge in [-0.05, 0) is 243 Å². The van der Waals surface area contributed by atoms with Gasteiger partial charge in [0.15, 0.2) is 9.79 Å². The number of hydrogen-bond donors (Lipinski definition) is 0. The van der Waals surface area contributed by atoms with E-state index in [9.17, 15) is 0 Å². The van der Waals surface area contributed by atoms with Gasteiger partial charge in [-0.3, -0.25) is 0 Å². The molecule has 0 N–H and O–H groups in total. The van der Waals surface area contributed by atoms with Gasteiger partial charge in [-0.1, -0.05) is 248 Å². The van der Waals surface area contributed by atoms with Crippen molar-refractivity contribution >= 4 is 168 Å². The van der Waals surface area contributed by atoms with Gasteiger partial charge in [-0.15, -0.1) is 90.7 Å². The Hall–Kier alpha value is -7.44. The average Bonchev–Trinajstić information content (AvgIpc) is 1.52. The van der Waals surface area contributed by atoms with Crippen LogP contribution in [0.25, 0.3) is 48.8 Å². The van der Waals surface area contributed by atoms with Crippen LogP contribution in [0.1, 0.15) is 319 Å². The molecule has 15 heteroatoms. The number of fused-ring (bicyclic) bond motifs is 25. The molecule has 6 fully saturated rings. The Labute approximate surface area is 815 Å². The molecule has 7 nitrogen and oxygen atoms in total. The lowest BCUT2D eigenvalue weighted by Gasteiger charge is -2.63. The van der Waals surface area contributed by atoms with Gasteiger partial charge in [0.05, 0.1) is 85.5 Å². The summed E-state index contributed by atoms with van der Waals surface area (Å²) in [6.45, 7) is 58.6. The molecule has 3 spiro atoms. The number of furan rings is 2. The zero-order valence-corrected chi connectivity index (χ0v) is 89.3. The lowest BCUT2D eigenvalue weighted by atomic mass is 9.47. The minimum Gasteiger partial charge on any atom is -0.454 e. The van der Waals surface area contributed by atoms with Crippen LogP contribution in [0.4, 0.5) is 28.4 Å². The Bertz CT molecular complexity index is 6580. The summed E-state index contributed by atoms with van der Waals surface area (Å²) in [6, 6.07) is 52.5. The summed E-state index contributed by atoms with van der Waals surface area (Å²) in [4.78, 5) is 23.7. The highest BCUT2D eigenvalue weighted by Gasteiger charge is 2.66. The van der Waals surface area contributed by atoms with E-state index in [1.54, 1.807) is 51.5 Å². The van der Waals surface area contributed by atoms with Crippen molar-refractivity contribution in [3.8, 4) is 0 Å². The first-order valence-electron chi connectivity index (χ1n) is 50.1. The van der Waals surface area contributed by atoms with Crippen LogP contribution in [0.2, 0.25) is 0 Å². The van der Waals surface area contributed by atoms with Crippen LogP contribution < -0.4 is 24.5 Å². The summed E-state index contributed by atoms with van der Waals surface area (Å²) in [5.41, 5.74) is 26.5. The quantitative estimate of drug-likeness (QED) is 0.175. The molecule has 2 atom stereocenters. The molecule has 692 valence electrons. The van der Waals surface area contributed by atoms with Gasteiger partial charge in [-0.25, -0.2) is 0 Å². The molecule has 17 heterocycles. The van der Waals surface area contributed by atoms with E-state index in [1.807, 2.05) is 161 Å². The van der Waals surface area contributed by atoms with Gasteiger partial charge >= 0.3 is 0 Å². The molecule has 0 amide bonds. The van der Waals surface area contributed by atoms with Crippen molar-refractivity contribution in [2.24, 2.45) is 34.5 Å². The minimum absolute atomic E-state index is 0.0485. The molecule has 0 radical (unpaired) electrons. The summed E-state index contributed by atoms with van der Waals surface area (Å²) < 4.78 is 16.1. The Morgan fingerprint density at radius 1 is 0.336 bits per heavy atom. The molecule has 13 aliphatic rings. The average molecular weight is 1900 g/mol. The number of aryl methyl sites for hydroxylation is 5. The van der Waals surface area contributed by atoms with E-state index in [2.05, 4.69) is 288 Å². The van der Waals surface area contributed by atoms with Crippen molar-refractivity contribution in [2.45, 2.75) is 328 Å². The van der Waals surface area contributed by atoms with Crippen LogP contribution in [0.3, 0.4) is 0 Å². The molecule has 2 unspecified atom stereocenters. The van der Waals surface area contributed by atoms with Gasteiger partial charge in [0.1, 0.15) is 0 Å². The first kappa shape index (κ1) is 93.9. The molecule has 28 rings (SSSR count). The van der Waals surface area contributed by atoms with Gasteiger partial charge in [0, 0.05) is 113 Å². The Morgan fingerprint density at radius 3 is 1.21 bits per heavy atom. The molecule has 6 aliphatic carbocycles. The fraction of sp³-hybridized carbons (Fsp3) is 0.483. The number of benzene rings is 5. The minimum atomic E-state index is -0.0485. The Kier molecular flexibility index (Phi) is 26.0. The first-order chi connectivity index (χ1) is 63.4. The number of thiophene rings is 8. The summed E-state index contributed by atoms with van der Waals surface area (Å²) in [5.74, 6) is 3.73. The fourth-order valence-electron chi connectivity index (χ4n) is 27.4. The molecule has 131 heavy (non-hydrogen) atoms. The lowest BCUT2D eigenvalue weighted by Crippen LogP contribution is -2.61. The molecule has 4 bridgehead atoms. The molecule has 6 saturated carbocycles. The zero-order chi connectivity index (χ0) is 92.6. The predicted molar refractivity (Wildman–Crippen MR) is 578 cm³/mol. The zero-order valence-electron chi connectivity index (χ0n) is 82.8. The topological polar surface area (TPSA) is 42.5 Å². The van der Waals surface area contributed by atoms with Crippen molar-refractivity contribution in [1.29, 1.82) is 0 Å². The van der Waals surface area contributed by atoms with E-state index in [0.717, 1.165) is 66.2 Å². The first-order valence-corrected chi connectivity index (χ1v) is 56.8. The number of hydrogen-bond acceptors (Lipinski definition) is 15. The summed E-state index contributed by atoms with van der Waals surface area (Å²) in [6.07, 6.45) is 23.2. The standard InChI is InChI=1S/C24H25NS2.C22H25NOS.C21H23NOS.C20H21NS2.C19H19NS2.5C2H6/c1-14-4-2-3-5-20(14)25-13-21-22(19-6-7-26-23(19)27-21)24(25)17-9-15-8-16(11-17)12-18(24)10-15;1-13-8-7-9-15-18(13)23-12-16-17(14-10-11-24-19(14)25-16)22(23,6)21(4,5)20(15,2)3;1-12-7-6-8-14-17(12)22-11-15-16(13-9-10-23-19(13)24-15)18(22)21(4,5)20(14,2)3;1-14-7-3-4-8-16(14)21-13-17-18(15-9-12-22-19(15)23-17)20(21)10-5-2-6-11-20;1-13-6-2-3-7-15(13)20-12-16-17(19(20)9-4-5-10-19)14-8-11-21-18(14)22-16;5*1-2/h2-7,15-18H,8-13H2,1H3;7-11H,12H2,1-6H3;6-10,18H,11H2,1-5H3;3-4,7-9,12H,2,5-6,10-11,13H2,1H3;2-3,6-8,11H,4-5,9-10,12H2,1H3;5*1-2H3. The largest absolute Gasteiger partial charge is 0.454 e. The summed E-state index contributed by atoms with van der Waals surface area (Å²) in [5, 5.41) is 14.2. The van der Waals surface area contributed by atoms with Crippen molar-refractivity contribution in [2.75, 3.05) is 24.5 Å². The fourth-order valence-corrected chi connectivity index (χ4v) is 36.9. The smallest absolute Gasteiger partial charge is 0.188 e. The molecule has 7 aliphatic heterocycles. The highest BCUT2D eigenvalue weighted by molar-refractivity contribution is 7.38. The van der Waals surface area contributed by atoms with E-state index in [0.29, 0.717) is 6.04 Å². The SMILES string of the molecule is CC.CC.CC.CC.CC.Cc1cccc2c1N1Cc3sc4occc4c3C1(C)C(C)(C)C2(C)C.Cc1cccc2c1N1Cc3sc4occc4c3C1C(C)(C)C2(C)C.Cc1ccccc1N1Cc2sc3sccc3c2C12C1CC3CC(C1)CC2C3.Cc1ccccc1N1Cc2sc3sccc3c2C12CCCC2.Cc1ccccc1N1Cc2sc3sccc3c2C12CCCCC2. The molecular weight excluding hydrogens is 1750 g/mol. The number of para-hydroxylation sites is 5. The van der Waals surface area contributed by atoms with E-state index < -0.39 is 0 Å². The lowest BCUT2D eigenvalue weighted by molar-refractivity contribution is -0.0581. The number of rotatable bonds is 3. The highest BCUT2D eigenvalue weighted by Crippen LogP contribution is 2.72. The van der Waals surface area contributed by atoms with E-state index in [4.69, 9.17) is 8.83 Å². The van der Waals surface area contributed by atoms with Crippen molar-refractivity contribution in [1.82, 2.24) is 0 Å². The molecule has 5 aromatic carbocycles. The third-order valence-corrected chi connectivity index (χ3v) is 43.0. The third-order valence-electron chi connectivity index (χ3n) is 34.1. The van der Waals surface area contributed by atoms with Crippen LogP contribution in [0.15, 0.2) is 177 Å². The maximum absolute atomic E-state index is 5.75. The maximum Gasteiger partial charge on any atom is 0.188 e. The number of nitrogens with zero attached hydrogens (tertiary/aromatic N) is 5. The summed E-state index contributed by atoms with van der Waals surface area (Å²) >= 11 is 15.6. The molecule has 0 saturated heterocycles. The Morgan fingerprint density at radius 2 is 0.725 bits per heavy atom. The second-order valence-electron chi connectivity index (χ2n) is 40.5. The van der Waals surface area contributed by atoms with Crippen LogP contribution in [-0.2, 0) is 65.7 Å². The van der Waals surface area contributed by atoms with Crippen LogP contribution >= 0.6 is 90.7 Å². The Balaban J connectivity index is 0.000000107. The maximum atomic E-state index is 5.75. The van der Waals surface area contributed by atoms with Crippen molar-refractivity contribution in [3.05, 3.63) is 259 Å². The normalized spacial score (nSPS) is 23.6.